The number of benzene rings is 8. The third-order valence-corrected chi connectivity index (χ3v) is 11.5. The van der Waals surface area contributed by atoms with Gasteiger partial charge in [0, 0.05) is 44.2 Å². The number of rotatable bonds is 8. The lowest BCUT2D eigenvalue weighted by molar-refractivity contribution is 1.14. The third kappa shape index (κ3) is 6.91. The summed E-state index contributed by atoms with van der Waals surface area (Å²) >= 11 is 0. The lowest BCUT2D eigenvalue weighted by atomic mass is 10.0. The molecule has 0 radical (unpaired) electrons. The van der Waals surface area contributed by atoms with Crippen LogP contribution < -0.4 is 0 Å². The predicted octanol–water partition coefficient (Wildman–Crippen LogP) is 14.3. The summed E-state index contributed by atoms with van der Waals surface area (Å²) in [5.74, 6) is 1.28. The number of hydrogen-bond donors (Lipinski definition) is 0. The van der Waals surface area contributed by atoms with Crippen LogP contribution in [0.25, 0.3) is 106 Å². The highest BCUT2D eigenvalue weighted by molar-refractivity contribution is 6.11. The van der Waals surface area contributed by atoms with Crippen molar-refractivity contribution >= 4 is 21.8 Å². The second-order valence-corrected chi connectivity index (χ2v) is 15.6. The van der Waals surface area contributed by atoms with E-state index >= 15 is 0 Å². The summed E-state index contributed by atoms with van der Waals surface area (Å²) in [5, 5.41) is 2.36. The first-order chi connectivity index (χ1) is 30.6. The molecular weight excluding hydrogens is 755 g/mol. The highest BCUT2D eigenvalue weighted by atomic mass is 15.0. The van der Waals surface area contributed by atoms with Crippen molar-refractivity contribution in [1.82, 2.24) is 24.5 Å². The molecule has 11 aromatic rings. The van der Waals surface area contributed by atoms with Crippen LogP contribution >= 0.6 is 0 Å². The van der Waals surface area contributed by atoms with Crippen molar-refractivity contribution in [3.63, 3.8) is 0 Å². The molecule has 0 atom stereocenters. The average Bonchev–Trinajstić information content (AvgIpc) is 3.68. The molecule has 0 saturated heterocycles. The molecule has 0 amide bonds. The maximum Gasteiger partial charge on any atom is 0.160 e. The molecule has 3 aromatic heterocycles. The Bertz CT molecular complexity index is 3280. The normalized spacial score (nSPS) is 11.3. The minimum absolute atomic E-state index is 0.628. The zero-order chi connectivity index (χ0) is 41.4. The van der Waals surface area contributed by atoms with Crippen molar-refractivity contribution in [3.05, 3.63) is 224 Å². The Balaban J connectivity index is 1.19. The molecular formula is C57H39N5. The van der Waals surface area contributed by atoms with Gasteiger partial charge in [-0.1, -0.05) is 175 Å². The van der Waals surface area contributed by atoms with Crippen LogP contribution in [0.15, 0.2) is 218 Å². The molecule has 11 rings (SSSR count). The first kappa shape index (κ1) is 36.8. The molecule has 292 valence electrons. The van der Waals surface area contributed by atoms with Gasteiger partial charge in [-0.15, -0.1) is 0 Å². The zero-order valence-electron chi connectivity index (χ0n) is 34.0. The van der Waals surface area contributed by atoms with Crippen LogP contribution in [0.4, 0.5) is 0 Å². The van der Waals surface area contributed by atoms with Crippen LogP contribution in [-0.2, 0) is 0 Å². The van der Waals surface area contributed by atoms with Crippen LogP contribution in [0, 0.1) is 6.92 Å². The van der Waals surface area contributed by atoms with Crippen LogP contribution in [0.1, 0.15) is 5.56 Å². The number of aromatic nitrogens is 5. The fourth-order valence-corrected chi connectivity index (χ4v) is 8.46. The molecule has 8 aromatic carbocycles. The van der Waals surface area contributed by atoms with Gasteiger partial charge in [0.05, 0.1) is 39.5 Å². The molecule has 0 saturated carbocycles. The Kier molecular flexibility index (Phi) is 9.32. The number of aryl methyl sites for hydroxylation is 1. The number of hydrogen-bond acceptors (Lipinski definition) is 4. The monoisotopic (exact) mass is 793 g/mol. The maximum absolute atomic E-state index is 5.39. The predicted molar refractivity (Wildman–Crippen MR) is 255 cm³/mol. The molecule has 5 nitrogen and oxygen atoms in total. The Hall–Kier alpha value is -8.28. The topological polar surface area (TPSA) is 56.5 Å². The zero-order valence-corrected chi connectivity index (χ0v) is 34.0. The fraction of sp³-hybridized carbons (Fsp3) is 0.0175. The standard InChI is InChI=1S/C57H39N5/c1-38-17-16-26-43(33-38)44-29-31-54-47(34-44)46-27-14-15-28-53(46)62(54)55-32-30-45(57-59-49(39-18-6-2-7-19-39)36-50(60-57)40-20-8-3-9-21-40)35-48(55)52-37-51(41-22-10-4-11-23-41)58-56(61-52)42-24-12-5-13-25-42/h2-37H,1H3. The second kappa shape index (κ2) is 15.7. The maximum atomic E-state index is 5.39. The molecule has 62 heavy (non-hydrogen) atoms. The molecule has 0 aliphatic heterocycles. The van der Waals surface area contributed by atoms with Crippen molar-refractivity contribution < 1.29 is 0 Å². The summed E-state index contributed by atoms with van der Waals surface area (Å²) in [6.07, 6.45) is 0. The van der Waals surface area contributed by atoms with Gasteiger partial charge >= 0.3 is 0 Å². The molecule has 5 heteroatoms. The lowest BCUT2D eigenvalue weighted by Gasteiger charge is -2.17. The summed E-state index contributed by atoms with van der Waals surface area (Å²) in [6, 6.07) is 76.2. The van der Waals surface area contributed by atoms with Crippen molar-refractivity contribution in [2.45, 2.75) is 6.92 Å². The largest absolute Gasteiger partial charge is 0.309 e. The van der Waals surface area contributed by atoms with Gasteiger partial charge in [0.15, 0.2) is 11.6 Å². The second-order valence-electron chi connectivity index (χ2n) is 15.6. The van der Waals surface area contributed by atoms with Crippen LogP contribution in [0.2, 0.25) is 0 Å². The number of para-hydroxylation sites is 1. The summed E-state index contributed by atoms with van der Waals surface area (Å²) in [6.45, 7) is 2.14. The summed E-state index contributed by atoms with van der Waals surface area (Å²) in [7, 11) is 0. The van der Waals surface area contributed by atoms with E-state index in [1.54, 1.807) is 0 Å². The van der Waals surface area contributed by atoms with Gasteiger partial charge in [0.25, 0.3) is 0 Å². The van der Waals surface area contributed by atoms with Gasteiger partial charge in [-0.05, 0) is 66.6 Å². The third-order valence-electron chi connectivity index (χ3n) is 11.5. The highest BCUT2D eigenvalue weighted by Crippen LogP contribution is 2.40. The van der Waals surface area contributed by atoms with E-state index in [9.17, 15) is 0 Å². The molecule has 0 aliphatic carbocycles. The quantitative estimate of drug-likeness (QED) is 0.154. The van der Waals surface area contributed by atoms with Crippen molar-refractivity contribution in [2.24, 2.45) is 0 Å². The molecule has 0 spiro atoms. The van der Waals surface area contributed by atoms with Gasteiger partial charge in [-0.2, -0.15) is 0 Å². The van der Waals surface area contributed by atoms with E-state index in [4.69, 9.17) is 19.9 Å². The van der Waals surface area contributed by atoms with Crippen LogP contribution in [-0.4, -0.2) is 24.5 Å². The average molecular weight is 794 g/mol. The molecule has 0 fully saturated rings. The smallest absolute Gasteiger partial charge is 0.160 e. The van der Waals surface area contributed by atoms with Crippen molar-refractivity contribution in [2.75, 3.05) is 0 Å². The highest BCUT2D eigenvalue weighted by Gasteiger charge is 2.21. The minimum Gasteiger partial charge on any atom is -0.309 e. The van der Waals surface area contributed by atoms with Gasteiger partial charge < -0.3 is 4.57 Å². The van der Waals surface area contributed by atoms with Gasteiger partial charge in [-0.25, -0.2) is 19.9 Å². The number of nitrogens with zero attached hydrogens (tertiary/aromatic N) is 5. The Morgan fingerprint density at radius 3 is 1.39 bits per heavy atom. The van der Waals surface area contributed by atoms with Gasteiger partial charge in [-0.3, -0.25) is 0 Å². The van der Waals surface area contributed by atoms with Crippen molar-refractivity contribution in [3.8, 4) is 84.6 Å². The molecule has 0 N–H and O–H groups in total. The summed E-state index contributed by atoms with van der Waals surface area (Å²) in [5.41, 5.74) is 16.0. The Labute approximate surface area is 360 Å². The summed E-state index contributed by atoms with van der Waals surface area (Å²) in [4.78, 5) is 21.1. The van der Waals surface area contributed by atoms with Gasteiger partial charge in [0.1, 0.15) is 0 Å². The SMILES string of the molecule is Cc1cccc(-c2ccc3c(c2)c2ccccc2n3-c2ccc(-c3nc(-c4ccccc4)cc(-c4ccccc4)n3)cc2-c2cc(-c3ccccc3)nc(-c3ccccc3)n2)c1. The number of fused-ring (bicyclic) bond motifs is 3. The molecule has 0 aliphatic rings. The van der Waals surface area contributed by atoms with E-state index in [0.29, 0.717) is 11.6 Å². The Morgan fingerprint density at radius 1 is 0.306 bits per heavy atom. The van der Waals surface area contributed by atoms with E-state index < -0.39 is 0 Å². The van der Waals surface area contributed by atoms with E-state index in [1.165, 1.54) is 27.5 Å². The Morgan fingerprint density at radius 2 is 0.774 bits per heavy atom. The lowest BCUT2D eigenvalue weighted by Crippen LogP contribution is -2.02. The first-order valence-corrected chi connectivity index (χ1v) is 20.9. The van der Waals surface area contributed by atoms with Crippen molar-refractivity contribution in [1.29, 1.82) is 0 Å². The molecule has 3 heterocycles. The molecule has 0 unspecified atom stereocenters. The minimum atomic E-state index is 0.628. The molecule has 0 bridgehead atoms. The van der Waals surface area contributed by atoms with Crippen LogP contribution in [0.5, 0.6) is 0 Å². The van der Waals surface area contributed by atoms with Gasteiger partial charge in [0.2, 0.25) is 0 Å². The van der Waals surface area contributed by atoms with E-state index in [2.05, 4.69) is 169 Å². The summed E-state index contributed by atoms with van der Waals surface area (Å²) < 4.78 is 2.38. The fourth-order valence-electron chi connectivity index (χ4n) is 8.46. The van der Waals surface area contributed by atoms with E-state index in [0.717, 1.165) is 72.9 Å². The van der Waals surface area contributed by atoms with E-state index in [-0.39, 0.29) is 0 Å². The van der Waals surface area contributed by atoms with Crippen LogP contribution in [0.3, 0.4) is 0 Å². The van der Waals surface area contributed by atoms with E-state index in [1.807, 2.05) is 60.7 Å². The first-order valence-electron chi connectivity index (χ1n) is 20.9.